The molecule has 1 heterocycles. The standard InChI is InChI=1S/C14H17FN2O4/c15-12-9-11(17(20)21)4-6-13(12)16-8-2-1-3-10(16)5-7-14(18)19/h4,6,9-10H,1-3,5,7-8H2,(H,18,19). The van der Waals surface area contributed by atoms with Crippen LogP contribution in [0.4, 0.5) is 15.8 Å². The summed E-state index contributed by atoms with van der Waals surface area (Å²) in [6.07, 6.45) is 3.18. The van der Waals surface area contributed by atoms with Gasteiger partial charge in [0.1, 0.15) is 0 Å². The number of carboxylic acid groups (broad SMARTS) is 1. The number of hydrogen-bond acceptors (Lipinski definition) is 4. The van der Waals surface area contributed by atoms with E-state index in [1.807, 2.05) is 4.90 Å². The number of halogens is 1. The van der Waals surface area contributed by atoms with Crippen LogP contribution in [0.15, 0.2) is 18.2 Å². The van der Waals surface area contributed by atoms with E-state index in [1.54, 1.807) is 0 Å². The topological polar surface area (TPSA) is 83.7 Å². The molecule has 21 heavy (non-hydrogen) atoms. The molecule has 0 bridgehead atoms. The van der Waals surface area contributed by atoms with E-state index in [9.17, 15) is 19.3 Å². The van der Waals surface area contributed by atoms with E-state index in [1.165, 1.54) is 12.1 Å². The first kappa shape index (κ1) is 15.2. The summed E-state index contributed by atoms with van der Waals surface area (Å²) >= 11 is 0. The number of hydrogen-bond donors (Lipinski definition) is 1. The zero-order chi connectivity index (χ0) is 15.4. The van der Waals surface area contributed by atoms with Crippen molar-refractivity contribution in [3.8, 4) is 0 Å². The number of carboxylic acids is 1. The van der Waals surface area contributed by atoms with Gasteiger partial charge in [-0.15, -0.1) is 0 Å². The maximum absolute atomic E-state index is 14.1. The van der Waals surface area contributed by atoms with Gasteiger partial charge in [0, 0.05) is 25.1 Å². The van der Waals surface area contributed by atoms with Crippen LogP contribution in [0.2, 0.25) is 0 Å². The average Bonchev–Trinajstić information content (AvgIpc) is 2.45. The van der Waals surface area contributed by atoms with Crippen LogP contribution in [0.25, 0.3) is 0 Å². The van der Waals surface area contributed by atoms with Crippen molar-refractivity contribution >= 4 is 17.3 Å². The molecule has 0 amide bonds. The number of anilines is 1. The Morgan fingerprint density at radius 3 is 2.86 bits per heavy atom. The van der Waals surface area contributed by atoms with Crippen LogP contribution in [0.1, 0.15) is 32.1 Å². The van der Waals surface area contributed by atoms with Gasteiger partial charge in [-0.25, -0.2) is 4.39 Å². The maximum atomic E-state index is 14.1. The smallest absolute Gasteiger partial charge is 0.303 e. The van der Waals surface area contributed by atoms with E-state index >= 15 is 0 Å². The molecule has 0 radical (unpaired) electrons. The molecule has 0 spiro atoms. The number of rotatable bonds is 5. The molecule has 1 aliphatic rings. The van der Waals surface area contributed by atoms with Gasteiger partial charge in [-0.3, -0.25) is 14.9 Å². The van der Waals surface area contributed by atoms with E-state index in [2.05, 4.69) is 0 Å². The van der Waals surface area contributed by atoms with Crippen LogP contribution in [-0.2, 0) is 4.79 Å². The van der Waals surface area contributed by atoms with Gasteiger partial charge in [-0.05, 0) is 31.7 Å². The monoisotopic (exact) mass is 296 g/mol. The molecule has 1 saturated heterocycles. The molecule has 1 unspecified atom stereocenters. The first-order valence-electron chi connectivity index (χ1n) is 6.91. The molecule has 6 nitrogen and oxygen atoms in total. The van der Waals surface area contributed by atoms with Crippen LogP contribution in [0.3, 0.4) is 0 Å². The molecule has 1 aromatic rings. The van der Waals surface area contributed by atoms with Crippen molar-refractivity contribution in [1.82, 2.24) is 0 Å². The second-order valence-corrected chi connectivity index (χ2v) is 5.17. The quantitative estimate of drug-likeness (QED) is 0.667. The highest BCUT2D eigenvalue weighted by atomic mass is 19.1. The zero-order valence-electron chi connectivity index (χ0n) is 11.5. The van der Waals surface area contributed by atoms with Crippen molar-refractivity contribution in [1.29, 1.82) is 0 Å². The summed E-state index contributed by atoms with van der Waals surface area (Å²) in [7, 11) is 0. The minimum Gasteiger partial charge on any atom is -0.481 e. The normalized spacial score (nSPS) is 18.5. The Morgan fingerprint density at radius 1 is 1.48 bits per heavy atom. The van der Waals surface area contributed by atoms with E-state index in [0.717, 1.165) is 25.3 Å². The van der Waals surface area contributed by atoms with Gasteiger partial charge in [0.2, 0.25) is 0 Å². The fourth-order valence-electron chi connectivity index (χ4n) is 2.75. The number of non-ortho nitro benzene ring substituents is 1. The van der Waals surface area contributed by atoms with E-state index < -0.39 is 16.7 Å². The van der Waals surface area contributed by atoms with Crippen LogP contribution in [0.5, 0.6) is 0 Å². The van der Waals surface area contributed by atoms with Gasteiger partial charge in [0.25, 0.3) is 5.69 Å². The summed E-state index contributed by atoms with van der Waals surface area (Å²) in [5, 5.41) is 19.4. The van der Waals surface area contributed by atoms with Crippen LogP contribution < -0.4 is 4.90 Å². The SMILES string of the molecule is O=C(O)CCC1CCCCN1c1ccc([N+](=O)[O-])cc1F. The number of nitrogens with zero attached hydrogens (tertiary/aromatic N) is 2. The third-order valence-electron chi connectivity index (χ3n) is 3.77. The number of benzene rings is 1. The Balaban J connectivity index is 2.20. The van der Waals surface area contributed by atoms with Crippen molar-refractivity contribution < 1.29 is 19.2 Å². The molecule has 114 valence electrons. The molecule has 1 atom stereocenters. The number of carbonyl (C=O) groups is 1. The highest BCUT2D eigenvalue weighted by Crippen LogP contribution is 2.31. The highest BCUT2D eigenvalue weighted by molar-refractivity contribution is 5.66. The second kappa shape index (κ2) is 6.51. The molecule has 0 aromatic heterocycles. The molecular weight excluding hydrogens is 279 g/mol. The minimum atomic E-state index is -0.871. The molecule has 2 rings (SSSR count). The first-order valence-corrected chi connectivity index (χ1v) is 6.91. The molecule has 0 saturated carbocycles. The van der Waals surface area contributed by atoms with Crippen LogP contribution in [0, 0.1) is 15.9 Å². The van der Waals surface area contributed by atoms with E-state index in [0.29, 0.717) is 18.7 Å². The average molecular weight is 296 g/mol. The zero-order valence-corrected chi connectivity index (χ0v) is 11.5. The fraction of sp³-hybridized carbons (Fsp3) is 0.500. The first-order chi connectivity index (χ1) is 9.99. The lowest BCUT2D eigenvalue weighted by atomic mass is 9.97. The minimum absolute atomic E-state index is 0.0363. The largest absolute Gasteiger partial charge is 0.481 e. The number of nitro benzene ring substituents is 1. The van der Waals surface area contributed by atoms with Gasteiger partial charge >= 0.3 is 5.97 Å². The van der Waals surface area contributed by atoms with Crippen molar-refractivity contribution in [3.63, 3.8) is 0 Å². The van der Waals surface area contributed by atoms with Crippen LogP contribution in [-0.4, -0.2) is 28.6 Å². The Morgan fingerprint density at radius 2 is 2.24 bits per heavy atom. The van der Waals surface area contributed by atoms with Crippen molar-refractivity contribution in [2.24, 2.45) is 0 Å². The van der Waals surface area contributed by atoms with Gasteiger partial charge in [0.05, 0.1) is 16.7 Å². The fourth-order valence-corrected chi connectivity index (χ4v) is 2.75. The predicted octanol–water partition coefficient (Wildman–Crippen LogP) is 2.96. The summed E-state index contributed by atoms with van der Waals surface area (Å²) in [6, 6.07) is 3.57. The lowest BCUT2D eigenvalue weighted by Gasteiger charge is -2.37. The molecular formula is C14H17FN2O4. The summed E-state index contributed by atoms with van der Waals surface area (Å²) in [6.45, 7) is 0.638. The molecule has 1 aromatic carbocycles. The predicted molar refractivity (Wildman–Crippen MR) is 74.9 cm³/mol. The Kier molecular flexibility index (Phi) is 4.72. The van der Waals surface area contributed by atoms with Crippen molar-refractivity contribution in [3.05, 3.63) is 34.1 Å². The van der Waals surface area contributed by atoms with Gasteiger partial charge in [-0.1, -0.05) is 0 Å². The third-order valence-corrected chi connectivity index (χ3v) is 3.77. The molecule has 0 aliphatic carbocycles. The molecule has 7 heteroatoms. The second-order valence-electron chi connectivity index (χ2n) is 5.17. The van der Waals surface area contributed by atoms with Gasteiger partial charge in [-0.2, -0.15) is 0 Å². The Labute approximate surface area is 121 Å². The highest BCUT2D eigenvalue weighted by Gasteiger charge is 2.26. The van der Waals surface area contributed by atoms with Gasteiger partial charge < -0.3 is 10.0 Å². The number of aliphatic carboxylic acids is 1. The number of piperidine rings is 1. The Bertz CT molecular complexity index is 550. The van der Waals surface area contributed by atoms with E-state index in [4.69, 9.17) is 5.11 Å². The third kappa shape index (κ3) is 3.68. The molecule has 1 fully saturated rings. The molecule has 1 aliphatic heterocycles. The van der Waals surface area contributed by atoms with Gasteiger partial charge in [0.15, 0.2) is 5.82 Å². The van der Waals surface area contributed by atoms with Crippen molar-refractivity contribution in [2.75, 3.05) is 11.4 Å². The maximum Gasteiger partial charge on any atom is 0.303 e. The summed E-state index contributed by atoms with van der Waals surface area (Å²) < 4.78 is 14.1. The summed E-state index contributed by atoms with van der Waals surface area (Å²) in [5.74, 6) is -1.50. The van der Waals surface area contributed by atoms with Crippen molar-refractivity contribution in [2.45, 2.75) is 38.1 Å². The van der Waals surface area contributed by atoms with Crippen LogP contribution >= 0.6 is 0 Å². The number of nitro groups is 1. The van der Waals surface area contributed by atoms with E-state index in [-0.39, 0.29) is 18.2 Å². The Hall–Kier alpha value is -2.18. The molecule has 1 N–H and O–H groups in total. The summed E-state index contributed by atoms with van der Waals surface area (Å²) in [4.78, 5) is 22.6. The lowest BCUT2D eigenvalue weighted by Crippen LogP contribution is -2.40. The lowest BCUT2D eigenvalue weighted by molar-refractivity contribution is -0.385. The summed E-state index contributed by atoms with van der Waals surface area (Å²) in [5.41, 5.74) is 0.0334.